The van der Waals surface area contributed by atoms with Gasteiger partial charge in [-0.1, -0.05) is 6.92 Å². The van der Waals surface area contributed by atoms with E-state index in [1.165, 1.54) is 6.42 Å². The van der Waals surface area contributed by atoms with Gasteiger partial charge in [-0.25, -0.2) is 0 Å². The Kier molecular flexibility index (Phi) is 4.58. The van der Waals surface area contributed by atoms with Gasteiger partial charge in [0.15, 0.2) is 0 Å². The molecule has 16 heavy (non-hydrogen) atoms. The van der Waals surface area contributed by atoms with Crippen LogP contribution in [0, 0.1) is 11.8 Å². The molecule has 0 bridgehead atoms. The van der Waals surface area contributed by atoms with Gasteiger partial charge in [0.25, 0.3) is 0 Å². The van der Waals surface area contributed by atoms with Gasteiger partial charge in [0, 0.05) is 25.2 Å². The van der Waals surface area contributed by atoms with Gasteiger partial charge in [0.05, 0.1) is 12.7 Å². The van der Waals surface area contributed by atoms with Crippen molar-refractivity contribution in [1.29, 1.82) is 0 Å². The van der Waals surface area contributed by atoms with Crippen LogP contribution in [0.4, 0.5) is 0 Å². The van der Waals surface area contributed by atoms with Gasteiger partial charge in [-0.3, -0.25) is 11.3 Å². The van der Waals surface area contributed by atoms with Gasteiger partial charge in [0.1, 0.15) is 0 Å². The maximum absolute atomic E-state index is 5.75. The molecule has 0 aromatic heterocycles. The lowest BCUT2D eigenvalue weighted by Crippen LogP contribution is -2.50. The van der Waals surface area contributed by atoms with Gasteiger partial charge >= 0.3 is 0 Å². The van der Waals surface area contributed by atoms with E-state index >= 15 is 0 Å². The van der Waals surface area contributed by atoms with E-state index in [9.17, 15) is 0 Å². The van der Waals surface area contributed by atoms with Crippen LogP contribution in [-0.2, 0) is 9.47 Å². The van der Waals surface area contributed by atoms with E-state index < -0.39 is 0 Å². The molecule has 0 spiro atoms. The molecule has 4 atom stereocenters. The molecule has 94 valence electrons. The van der Waals surface area contributed by atoms with Crippen LogP contribution in [0.3, 0.4) is 0 Å². The Balaban J connectivity index is 1.97. The molecular weight excluding hydrogens is 204 g/mol. The Morgan fingerprint density at radius 2 is 2.25 bits per heavy atom. The summed E-state index contributed by atoms with van der Waals surface area (Å²) >= 11 is 0. The van der Waals surface area contributed by atoms with E-state index in [4.69, 9.17) is 15.3 Å². The van der Waals surface area contributed by atoms with Crippen molar-refractivity contribution < 1.29 is 9.47 Å². The first kappa shape index (κ1) is 12.3. The second-order valence-electron chi connectivity index (χ2n) is 4.94. The third-order valence-electron chi connectivity index (χ3n) is 4.02. The average molecular weight is 228 g/mol. The first-order valence-electron chi connectivity index (χ1n) is 6.52. The minimum absolute atomic E-state index is 0.354. The lowest BCUT2D eigenvalue weighted by atomic mass is 9.81. The molecule has 2 fully saturated rings. The van der Waals surface area contributed by atoms with Gasteiger partial charge in [-0.2, -0.15) is 0 Å². The molecule has 2 heterocycles. The van der Waals surface area contributed by atoms with E-state index in [1.54, 1.807) is 0 Å². The fourth-order valence-corrected chi connectivity index (χ4v) is 3.15. The second-order valence-corrected chi connectivity index (χ2v) is 4.94. The zero-order valence-electron chi connectivity index (χ0n) is 10.2. The number of hydrogen-bond acceptors (Lipinski definition) is 4. The van der Waals surface area contributed by atoms with Gasteiger partial charge in [0.2, 0.25) is 0 Å². The summed E-state index contributed by atoms with van der Waals surface area (Å²) in [6.45, 7) is 4.83. The number of hydrogen-bond donors (Lipinski definition) is 2. The van der Waals surface area contributed by atoms with Crippen molar-refractivity contribution >= 4 is 0 Å². The molecule has 4 nitrogen and oxygen atoms in total. The normalized spacial score (nSPS) is 37.5. The van der Waals surface area contributed by atoms with E-state index in [0.29, 0.717) is 24.0 Å². The average Bonchev–Trinajstić information content (AvgIpc) is 2.80. The molecule has 3 N–H and O–H groups in total. The fourth-order valence-electron chi connectivity index (χ4n) is 3.15. The predicted molar refractivity (Wildman–Crippen MR) is 62.8 cm³/mol. The molecule has 0 aromatic rings. The highest BCUT2D eigenvalue weighted by Crippen LogP contribution is 2.32. The van der Waals surface area contributed by atoms with E-state index in [1.807, 2.05) is 0 Å². The SMILES string of the molecule is CCC1OCCC1C(NN)C1CCCOC1. The third-order valence-corrected chi connectivity index (χ3v) is 4.02. The number of ether oxygens (including phenoxy) is 2. The highest BCUT2D eigenvalue weighted by molar-refractivity contribution is 4.89. The van der Waals surface area contributed by atoms with Crippen LogP contribution in [-0.4, -0.2) is 32.0 Å². The Bertz CT molecular complexity index is 207. The third kappa shape index (κ3) is 2.56. The maximum Gasteiger partial charge on any atom is 0.0617 e. The second kappa shape index (κ2) is 5.96. The number of hydrazine groups is 1. The minimum atomic E-state index is 0.354. The monoisotopic (exact) mass is 228 g/mol. The van der Waals surface area contributed by atoms with Crippen LogP contribution in [0.1, 0.15) is 32.6 Å². The molecule has 2 saturated heterocycles. The van der Waals surface area contributed by atoms with Crippen molar-refractivity contribution in [3.05, 3.63) is 0 Å². The van der Waals surface area contributed by atoms with E-state index in [2.05, 4.69) is 12.3 Å². The molecule has 0 aliphatic carbocycles. The van der Waals surface area contributed by atoms with Gasteiger partial charge in [-0.05, 0) is 31.6 Å². The van der Waals surface area contributed by atoms with Crippen LogP contribution >= 0.6 is 0 Å². The Hall–Kier alpha value is -0.160. The predicted octanol–water partition coefficient (Wildman–Crippen LogP) is 1.06. The lowest BCUT2D eigenvalue weighted by molar-refractivity contribution is 0.0131. The Morgan fingerprint density at radius 3 is 2.88 bits per heavy atom. The summed E-state index contributed by atoms with van der Waals surface area (Å²) in [5.74, 6) is 6.85. The maximum atomic E-state index is 5.75. The largest absolute Gasteiger partial charge is 0.381 e. The van der Waals surface area contributed by atoms with Crippen molar-refractivity contribution in [2.45, 2.75) is 44.8 Å². The summed E-state index contributed by atoms with van der Waals surface area (Å²) < 4.78 is 11.3. The number of rotatable bonds is 4. The highest BCUT2D eigenvalue weighted by atomic mass is 16.5. The zero-order chi connectivity index (χ0) is 11.4. The van der Waals surface area contributed by atoms with Crippen LogP contribution in [0.5, 0.6) is 0 Å². The molecule has 4 unspecified atom stereocenters. The standard InChI is InChI=1S/C12H24N2O2/c1-2-11-10(5-7-16-11)12(14-13)9-4-3-6-15-8-9/h9-12,14H,2-8,13H2,1H3. The topological polar surface area (TPSA) is 56.5 Å². The minimum Gasteiger partial charge on any atom is -0.381 e. The molecule has 0 amide bonds. The Labute approximate surface area is 97.8 Å². The van der Waals surface area contributed by atoms with Crippen LogP contribution in [0.2, 0.25) is 0 Å². The smallest absolute Gasteiger partial charge is 0.0617 e. The summed E-state index contributed by atoms with van der Waals surface area (Å²) in [7, 11) is 0. The summed E-state index contributed by atoms with van der Waals surface area (Å²) in [5.41, 5.74) is 3.02. The first-order valence-corrected chi connectivity index (χ1v) is 6.52. The lowest BCUT2D eigenvalue weighted by Gasteiger charge is -2.35. The molecule has 2 rings (SSSR count). The summed E-state index contributed by atoms with van der Waals surface area (Å²) in [6, 6.07) is 0.354. The van der Waals surface area contributed by atoms with Crippen molar-refractivity contribution in [2.75, 3.05) is 19.8 Å². The van der Waals surface area contributed by atoms with Crippen molar-refractivity contribution in [3.63, 3.8) is 0 Å². The summed E-state index contributed by atoms with van der Waals surface area (Å²) in [6.07, 6.45) is 4.97. The molecule has 0 radical (unpaired) electrons. The summed E-state index contributed by atoms with van der Waals surface area (Å²) in [5, 5.41) is 0. The van der Waals surface area contributed by atoms with E-state index in [-0.39, 0.29) is 0 Å². The number of nitrogens with one attached hydrogen (secondary N) is 1. The fraction of sp³-hybridized carbons (Fsp3) is 1.00. The van der Waals surface area contributed by atoms with E-state index in [0.717, 1.165) is 39.1 Å². The van der Waals surface area contributed by atoms with Crippen LogP contribution in [0.25, 0.3) is 0 Å². The molecule has 2 aliphatic heterocycles. The molecule has 4 heteroatoms. The van der Waals surface area contributed by atoms with Gasteiger partial charge < -0.3 is 9.47 Å². The van der Waals surface area contributed by atoms with Gasteiger partial charge in [-0.15, -0.1) is 0 Å². The van der Waals surface area contributed by atoms with Crippen molar-refractivity contribution in [2.24, 2.45) is 17.7 Å². The number of nitrogens with two attached hydrogens (primary N) is 1. The summed E-state index contributed by atoms with van der Waals surface area (Å²) in [4.78, 5) is 0. The van der Waals surface area contributed by atoms with Crippen molar-refractivity contribution in [1.82, 2.24) is 5.43 Å². The van der Waals surface area contributed by atoms with Crippen molar-refractivity contribution in [3.8, 4) is 0 Å². The Morgan fingerprint density at radius 1 is 1.38 bits per heavy atom. The molecular formula is C12H24N2O2. The quantitative estimate of drug-likeness (QED) is 0.558. The molecule has 0 saturated carbocycles. The van der Waals surface area contributed by atoms with Crippen LogP contribution in [0.15, 0.2) is 0 Å². The zero-order valence-corrected chi connectivity index (χ0v) is 10.2. The molecule has 0 aromatic carbocycles. The first-order chi connectivity index (χ1) is 7.86. The highest BCUT2D eigenvalue weighted by Gasteiger charge is 2.37. The molecule has 2 aliphatic rings. The van der Waals surface area contributed by atoms with Crippen LogP contribution < -0.4 is 11.3 Å².